The summed E-state index contributed by atoms with van der Waals surface area (Å²) in [7, 11) is 1.68. The van der Waals surface area contributed by atoms with Crippen molar-refractivity contribution in [2.45, 2.75) is 75.5 Å². The summed E-state index contributed by atoms with van der Waals surface area (Å²) in [4.78, 5) is 37.3. The van der Waals surface area contributed by atoms with E-state index >= 15 is 0 Å². The van der Waals surface area contributed by atoms with Crippen molar-refractivity contribution >= 4 is 81.3 Å². The van der Waals surface area contributed by atoms with E-state index < -0.39 is 14.1 Å². The Labute approximate surface area is 268 Å². The fraction of sp³-hybridized carbons (Fsp3) is 0.655. The minimum absolute atomic E-state index is 0.0103. The number of ketones is 1. The van der Waals surface area contributed by atoms with Gasteiger partial charge in [0, 0.05) is 0 Å². The van der Waals surface area contributed by atoms with Crippen molar-refractivity contribution < 1.29 is 28.6 Å². The molecular formula is C29H44InNO6S3. The Morgan fingerprint density at radius 3 is 2.25 bits per heavy atom. The first-order valence-electron chi connectivity index (χ1n) is 13.3. The van der Waals surface area contributed by atoms with E-state index in [-0.39, 0.29) is 42.3 Å². The van der Waals surface area contributed by atoms with Crippen molar-refractivity contribution in [1.82, 2.24) is 5.32 Å². The third-order valence-corrected chi connectivity index (χ3v) is 10.4. The van der Waals surface area contributed by atoms with E-state index in [1.807, 2.05) is 32.0 Å². The summed E-state index contributed by atoms with van der Waals surface area (Å²) < 4.78 is 15.4. The van der Waals surface area contributed by atoms with Gasteiger partial charge in [0.2, 0.25) is 0 Å². The summed E-state index contributed by atoms with van der Waals surface area (Å²) >= 11 is 9.21. The van der Waals surface area contributed by atoms with E-state index in [1.165, 1.54) is 29.1 Å². The van der Waals surface area contributed by atoms with Gasteiger partial charge in [-0.1, -0.05) is 30.3 Å². The van der Waals surface area contributed by atoms with Crippen molar-refractivity contribution in [1.29, 1.82) is 0 Å². The van der Waals surface area contributed by atoms with Crippen LogP contribution < -0.4 is 5.32 Å². The van der Waals surface area contributed by atoms with Gasteiger partial charge in [0.25, 0.3) is 0 Å². The second-order valence-electron chi connectivity index (χ2n) is 11.4. The van der Waals surface area contributed by atoms with E-state index in [4.69, 9.17) is 26.4 Å². The zero-order valence-corrected chi connectivity index (χ0v) is 30.8. The molecule has 40 heavy (non-hydrogen) atoms. The molecule has 0 fully saturated rings. The van der Waals surface area contributed by atoms with Gasteiger partial charge in [0.05, 0.1) is 0 Å². The second-order valence-corrected chi connectivity index (χ2v) is 18.5. The fourth-order valence-corrected chi connectivity index (χ4v) is 7.64. The quantitative estimate of drug-likeness (QED) is 0.137. The van der Waals surface area contributed by atoms with Gasteiger partial charge in [-0.05, 0) is 5.56 Å². The number of hydrogen-bond acceptors (Lipinski definition) is 9. The van der Waals surface area contributed by atoms with Gasteiger partial charge in [0.15, 0.2) is 0 Å². The van der Waals surface area contributed by atoms with Crippen molar-refractivity contribution in [2.24, 2.45) is 11.3 Å². The SMILES string of the molecule is CNC(=O)C(CC(C)(C)Cc1ccccc1)C(C)(C)SC(=S)SCCO[C](C)([In])C(=O)COC(=O)COC(C)C. The summed E-state index contributed by atoms with van der Waals surface area (Å²) in [5.41, 5.74) is 1.17. The van der Waals surface area contributed by atoms with Crippen LogP contribution in [-0.2, 0) is 35.0 Å². The Morgan fingerprint density at radius 1 is 1.05 bits per heavy atom. The number of rotatable bonds is 17. The summed E-state index contributed by atoms with van der Waals surface area (Å²) in [5.74, 6) is -0.513. The average molecular weight is 714 g/mol. The van der Waals surface area contributed by atoms with Gasteiger partial charge in [0.1, 0.15) is 0 Å². The van der Waals surface area contributed by atoms with Crippen molar-refractivity contribution in [3.63, 3.8) is 0 Å². The third-order valence-electron chi connectivity index (χ3n) is 6.19. The maximum absolute atomic E-state index is 13.0. The van der Waals surface area contributed by atoms with Crippen molar-refractivity contribution in [3.05, 3.63) is 35.9 Å². The average Bonchev–Trinajstić information content (AvgIpc) is 2.86. The van der Waals surface area contributed by atoms with E-state index in [0.29, 0.717) is 43.2 Å². The molecule has 0 saturated carbocycles. The van der Waals surface area contributed by atoms with Crippen LogP contribution in [0.15, 0.2) is 30.3 Å². The number of amides is 1. The summed E-state index contributed by atoms with van der Waals surface area (Å²) in [6.07, 6.45) is 1.50. The number of carbonyl (C=O) groups excluding carboxylic acids is 3. The van der Waals surface area contributed by atoms with Crippen LogP contribution in [-0.4, -0.2) is 92.4 Å². The van der Waals surface area contributed by atoms with Gasteiger partial charge in [-0.3, -0.25) is 0 Å². The molecule has 7 nitrogen and oxygen atoms in total. The van der Waals surface area contributed by atoms with Crippen LogP contribution in [0.2, 0.25) is 0 Å². The molecule has 0 bridgehead atoms. The van der Waals surface area contributed by atoms with Gasteiger partial charge < -0.3 is 0 Å². The molecule has 2 radical (unpaired) electrons. The monoisotopic (exact) mass is 713 g/mol. The molecule has 11 heteroatoms. The molecule has 0 spiro atoms. The molecule has 0 saturated heterocycles. The molecule has 0 aliphatic rings. The second kappa shape index (κ2) is 17.5. The van der Waals surface area contributed by atoms with Gasteiger partial charge in [-0.25, -0.2) is 0 Å². The zero-order valence-electron chi connectivity index (χ0n) is 25.0. The Hall–Kier alpha value is -0.590. The van der Waals surface area contributed by atoms with E-state index in [1.54, 1.807) is 14.0 Å². The number of thiocarbonyl (C=S) groups is 1. The standard InChI is InChI=1S/C29H44NO6S3.In/c1-20(2)35-19-25(32)36-18-24(31)21(3)34-14-15-38-27(37)39-29(6,7)23(26(33)30-8)17-28(4,5)16-22-12-10-9-11-13-22;/h9-13,20,23H,14-19H2,1-8H3,(H,30,33);. The number of nitrogens with one attached hydrogen (secondary N) is 1. The van der Waals surface area contributed by atoms with Gasteiger partial charge in [-0.15, -0.1) is 0 Å². The fourth-order valence-electron chi connectivity index (χ4n) is 3.94. The number of ether oxygens (including phenoxy) is 3. The van der Waals surface area contributed by atoms with E-state index in [9.17, 15) is 14.4 Å². The van der Waals surface area contributed by atoms with Crippen molar-refractivity contribution in [2.75, 3.05) is 32.6 Å². The molecule has 1 aromatic rings. The molecule has 0 heterocycles. The van der Waals surface area contributed by atoms with Crippen LogP contribution in [0.1, 0.15) is 60.5 Å². The number of thioether (sulfide) groups is 2. The van der Waals surface area contributed by atoms with Crippen LogP contribution in [0.4, 0.5) is 0 Å². The van der Waals surface area contributed by atoms with Crippen molar-refractivity contribution in [3.8, 4) is 0 Å². The molecule has 222 valence electrons. The third kappa shape index (κ3) is 14.5. The number of carbonyl (C=O) groups is 3. The summed E-state index contributed by atoms with van der Waals surface area (Å²) in [6, 6.07) is 10.3. The Kier molecular flexibility index (Phi) is 16.4. The topological polar surface area (TPSA) is 90.9 Å². The van der Waals surface area contributed by atoms with Crippen LogP contribution in [0.25, 0.3) is 0 Å². The van der Waals surface area contributed by atoms with Crippen LogP contribution in [0.5, 0.6) is 0 Å². The molecule has 1 amide bonds. The number of benzene rings is 1. The molecule has 0 aliphatic carbocycles. The van der Waals surface area contributed by atoms with Crippen LogP contribution >= 0.6 is 35.7 Å². The first-order valence-corrected chi connectivity index (χ1v) is 17.2. The molecule has 0 aliphatic heterocycles. The van der Waals surface area contributed by atoms with E-state index in [0.717, 1.165) is 9.95 Å². The molecule has 2 atom stereocenters. The number of Topliss-reactive ketones (excluding diaryl/α,β-unsaturated/α-hetero) is 1. The predicted molar refractivity (Wildman–Crippen MR) is 170 cm³/mol. The Balaban J connectivity index is 2.61. The molecular weight excluding hydrogens is 669 g/mol. The molecule has 1 aromatic carbocycles. The molecule has 1 rings (SSSR count). The Bertz CT molecular complexity index is 985. The molecule has 2 unspecified atom stereocenters. The normalized spacial score (nSPS) is 14.3. The number of hydrogen-bond donors (Lipinski definition) is 1. The van der Waals surface area contributed by atoms with Gasteiger partial charge >= 0.3 is 235 Å². The maximum atomic E-state index is 13.0. The predicted octanol–water partition coefficient (Wildman–Crippen LogP) is 4.98. The molecule has 0 aromatic heterocycles. The first-order chi connectivity index (χ1) is 18.5. The number of esters is 1. The van der Waals surface area contributed by atoms with Crippen LogP contribution in [0, 0.1) is 11.3 Å². The van der Waals surface area contributed by atoms with Gasteiger partial charge in [-0.2, -0.15) is 0 Å². The Morgan fingerprint density at radius 2 is 1.68 bits per heavy atom. The minimum atomic E-state index is -0.979. The zero-order chi connectivity index (χ0) is 30.6. The van der Waals surface area contributed by atoms with E-state index in [2.05, 4.69) is 45.1 Å². The molecule has 1 N–H and O–H groups in total. The summed E-state index contributed by atoms with van der Waals surface area (Å²) in [5, 5.41) is 2.85. The first kappa shape index (κ1) is 37.4. The van der Waals surface area contributed by atoms with Crippen LogP contribution in [0.3, 0.4) is 0 Å². The summed E-state index contributed by atoms with van der Waals surface area (Å²) in [6.45, 7) is 13.7.